The fraction of sp³-hybridized carbons (Fsp3) is 0.500. The smallest absolute Gasteiger partial charge is 0.475 e. The highest BCUT2D eigenvalue weighted by molar-refractivity contribution is 5.73. The van der Waals surface area contributed by atoms with E-state index < -0.39 is 12.1 Å². The van der Waals surface area contributed by atoms with Crippen LogP contribution in [0.2, 0.25) is 0 Å². The molecule has 1 aromatic heterocycles. The SMILES string of the molecule is O=C(O)C(F)(F)F.c1ccc2nn(CCN3CCOCC3)nc2c1. The quantitative estimate of drug-likeness (QED) is 0.905. The summed E-state index contributed by atoms with van der Waals surface area (Å²) in [6, 6.07) is 7.97. The van der Waals surface area contributed by atoms with E-state index in [2.05, 4.69) is 15.1 Å². The molecule has 0 unspecified atom stereocenters. The van der Waals surface area contributed by atoms with Gasteiger partial charge in [0, 0.05) is 19.6 Å². The molecule has 1 aromatic carbocycles. The number of carboxylic acid groups (broad SMARTS) is 1. The van der Waals surface area contributed by atoms with Gasteiger partial charge < -0.3 is 9.84 Å². The molecule has 1 aliphatic rings. The third kappa shape index (κ3) is 5.46. The number of hydrogen-bond acceptors (Lipinski definition) is 5. The summed E-state index contributed by atoms with van der Waals surface area (Å²) in [6.45, 7) is 5.55. The maximum atomic E-state index is 10.6. The van der Waals surface area contributed by atoms with Gasteiger partial charge in [-0.15, -0.1) is 0 Å². The molecule has 1 aliphatic heterocycles. The van der Waals surface area contributed by atoms with E-state index in [1.54, 1.807) is 4.80 Å². The lowest BCUT2D eigenvalue weighted by Crippen LogP contribution is -2.38. The van der Waals surface area contributed by atoms with Gasteiger partial charge in [-0.25, -0.2) is 4.79 Å². The van der Waals surface area contributed by atoms with Gasteiger partial charge in [0.1, 0.15) is 11.0 Å². The number of carboxylic acids is 1. The number of ether oxygens (including phenoxy) is 1. The van der Waals surface area contributed by atoms with Crippen molar-refractivity contribution < 1.29 is 27.8 Å². The van der Waals surface area contributed by atoms with Gasteiger partial charge in [0.25, 0.3) is 0 Å². The van der Waals surface area contributed by atoms with Gasteiger partial charge in [0.15, 0.2) is 0 Å². The molecule has 0 amide bonds. The van der Waals surface area contributed by atoms with Crippen molar-refractivity contribution in [3.63, 3.8) is 0 Å². The first kappa shape index (κ1) is 18.1. The monoisotopic (exact) mass is 346 g/mol. The van der Waals surface area contributed by atoms with E-state index in [-0.39, 0.29) is 0 Å². The van der Waals surface area contributed by atoms with Crippen LogP contribution < -0.4 is 0 Å². The number of aromatic nitrogens is 3. The zero-order chi connectivity index (χ0) is 17.6. The number of rotatable bonds is 3. The number of morpholine rings is 1. The predicted octanol–water partition coefficient (Wildman–Crippen LogP) is 1.40. The number of fused-ring (bicyclic) bond motifs is 1. The molecule has 0 spiro atoms. The van der Waals surface area contributed by atoms with E-state index in [0.29, 0.717) is 0 Å². The third-order valence-electron chi connectivity index (χ3n) is 3.29. The molecule has 2 heterocycles. The van der Waals surface area contributed by atoms with Gasteiger partial charge >= 0.3 is 12.1 Å². The molecule has 0 atom stereocenters. The molecule has 3 rings (SSSR count). The van der Waals surface area contributed by atoms with E-state index in [0.717, 1.165) is 50.4 Å². The summed E-state index contributed by atoms with van der Waals surface area (Å²) >= 11 is 0. The Bertz CT molecular complexity index is 636. The fourth-order valence-electron chi connectivity index (χ4n) is 2.06. The Morgan fingerprint density at radius 1 is 1.12 bits per heavy atom. The Hall–Kier alpha value is -2.20. The van der Waals surface area contributed by atoms with Gasteiger partial charge in [-0.2, -0.15) is 28.2 Å². The van der Waals surface area contributed by atoms with Gasteiger partial charge in [-0.3, -0.25) is 4.90 Å². The zero-order valence-corrected chi connectivity index (χ0v) is 12.7. The van der Waals surface area contributed by atoms with E-state index in [9.17, 15) is 13.2 Å². The molecule has 1 fully saturated rings. The van der Waals surface area contributed by atoms with Crippen LogP contribution in [0.3, 0.4) is 0 Å². The summed E-state index contributed by atoms with van der Waals surface area (Å²) in [7, 11) is 0. The lowest BCUT2D eigenvalue weighted by molar-refractivity contribution is -0.192. The van der Waals surface area contributed by atoms with E-state index in [4.69, 9.17) is 14.6 Å². The molecule has 0 saturated carbocycles. The van der Waals surface area contributed by atoms with Crippen LogP contribution in [0.25, 0.3) is 11.0 Å². The first-order valence-electron chi connectivity index (χ1n) is 7.26. The zero-order valence-electron chi connectivity index (χ0n) is 12.7. The minimum atomic E-state index is -5.08. The largest absolute Gasteiger partial charge is 0.490 e. The molecule has 132 valence electrons. The topological polar surface area (TPSA) is 80.5 Å². The fourth-order valence-corrected chi connectivity index (χ4v) is 2.06. The molecule has 0 aliphatic carbocycles. The average molecular weight is 346 g/mol. The minimum absolute atomic E-state index is 0.842. The van der Waals surface area contributed by atoms with Crippen LogP contribution in [0.15, 0.2) is 24.3 Å². The summed E-state index contributed by atoms with van der Waals surface area (Å²) in [6.07, 6.45) is -5.08. The van der Waals surface area contributed by atoms with Crippen molar-refractivity contribution in [2.75, 3.05) is 32.8 Å². The Labute approximate surface area is 135 Å². The molecule has 0 bridgehead atoms. The second kappa shape index (κ2) is 8.06. The van der Waals surface area contributed by atoms with Crippen LogP contribution >= 0.6 is 0 Å². The second-order valence-electron chi connectivity index (χ2n) is 5.04. The predicted molar refractivity (Wildman–Crippen MR) is 78.5 cm³/mol. The first-order valence-corrected chi connectivity index (χ1v) is 7.26. The van der Waals surface area contributed by atoms with Crippen LogP contribution in [0.1, 0.15) is 0 Å². The number of aliphatic carboxylic acids is 1. The number of carbonyl (C=O) groups is 1. The van der Waals surface area contributed by atoms with Gasteiger partial charge in [0.2, 0.25) is 0 Å². The summed E-state index contributed by atoms with van der Waals surface area (Å²) in [5, 5.41) is 16.0. The summed E-state index contributed by atoms with van der Waals surface area (Å²) in [4.78, 5) is 13.1. The van der Waals surface area contributed by atoms with Crippen LogP contribution in [-0.2, 0) is 16.1 Å². The van der Waals surface area contributed by atoms with Crippen LogP contribution in [0.5, 0.6) is 0 Å². The maximum absolute atomic E-state index is 10.6. The average Bonchev–Trinajstić information content (AvgIpc) is 2.96. The van der Waals surface area contributed by atoms with Crippen molar-refractivity contribution in [3.8, 4) is 0 Å². The first-order chi connectivity index (χ1) is 11.4. The van der Waals surface area contributed by atoms with Crippen molar-refractivity contribution in [1.82, 2.24) is 19.9 Å². The van der Waals surface area contributed by atoms with Crippen LogP contribution in [-0.4, -0.2) is 70.0 Å². The second-order valence-corrected chi connectivity index (χ2v) is 5.04. The summed E-state index contributed by atoms with van der Waals surface area (Å²) < 4.78 is 37.1. The van der Waals surface area contributed by atoms with E-state index >= 15 is 0 Å². The van der Waals surface area contributed by atoms with E-state index in [1.165, 1.54) is 0 Å². The summed E-state index contributed by atoms with van der Waals surface area (Å²) in [5.74, 6) is -2.76. The molecule has 7 nitrogen and oxygen atoms in total. The van der Waals surface area contributed by atoms with Crippen molar-refractivity contribution in [1.29, 1.82) is 0 Å². The van der Waals surface area contributed by atoms with Crippen LogP contribution in [0, 0.1) is 0 Å². The number of hydrogen-bond donors (Lipinski definition) is 1. The number of benzene rings is 1. The molecular weight excluding hydrogens is 329 g/mol. The van der Waals surface area contributed by atoms with Gasteiger partial charge in [-0.05, 0) is 12.1 Å². The Morgan fingerprint density at radius 2 is 1.62 bits per heavy atom. The number of halogens is 3. The molecule has 10 heteroatoms. The standard InChI is InChI=1S/C12H16N4O.C2HF3O2/c1-2-4-12-11(3-1)13-16(14-12)6-5-15-7-9-17-10-8-15;3-2(4,5)1(6)7/h1-4H,5-10H2;(H,6,7). The molecule has 1 saturated heterocycles. The van der Waals surface area contributed by atoms with Gasteiger partial charge in [0.05, 0.1) is 19.8 Å². The highest BCUT2D eigenvalue weighted by atomic mass is 19.4. The normalized spacial score (nSPS) is 15.8. The lowest BCUT2D eigenvalue weighted by Gasteiger charge is -2.26. The van der Waals surface area contributed by atoms with Crippen molar-refractivity contribution in [2.24, 2.45) is 0 Å². The van der Waals surface area contributed by atoms with Crippen molar-refractivity contribution in [2.45, 2.75) is 12.7 Å². The molecule has 2 aromatic rings. The Kier molecular flexibility index (Phi) is 6.10. The summed E-state index contributed by atoms with van der Waals surface area (Å²) in [5.41, 5.74) is 1.93. The van der Waals surface area contributed by atoms with Crippen molar-refractivity contribution >= 4 is 17.0 Å². The van der Waals surface area contributed by atoms with Crippen LogP contribution in [0.4, 0.5) is 13.2 Å². The highest BCUT2D eigenvalue weighted by Crippen LogP contribution is 2.13. The minimum Gasteiger partial charge on any atom is -0.475 e. The highest BCUT2D eigenvalue weighted by Gasteiger charge is 2.38. The molecule has 24 heavy (non-hydrogen) atoms. The lowest BCUT2D eigenvalue weighted by atomic mass is 10.3. The number of alkyl halides is 3. The number of nitrogens with zero attached hydrogens (tertiary/aromatic N) is 4. The maximum Gasteiger partial charge on any atom is 0.490 e. The van der Waals surface area contributed by atoms with Crippen molar-refractivity contribution in [3.05, 3.63) is 24.3 Å². The Balaban J connectivity index is 0.000000256. The molecule has 0 radical (unpaired) electrons. The van der Waals surface area contributed by atoms with Gasteiger partial charge in [-0.1, -0.05) is 12.1 Å². The molecular formula is C14H17F3N4O3. The Morgan fingerprint density at radius 3 is 2.08 bits per heavy atom. The molecule has 1 N–H and O–H groups in total. The van der Waals surface area contributed by atoms with E-state index in [1.807, 2.05) is 24.3 Å². The third-order valence-corrected chi connectivity index (χ3v) is 3.29.